The number of halogens is 5. The van der Waals surface area contributed by atoms with Crippen LogP contribution in [0.25, 0.3) is 0 Å². The second kappa shape index (κ2) is 5.05. The van der Waals surface area contributed by atoms with Crippen molar-refractivity contribution in [1.29, 1.82) is 0 Å². The van der Waals surface area contributed by atoms with Crippen LogP contribution in [-0.4, -0.2) is 13.3 Å². The van der Waals surface area contributed by atoms with Crippen molar-refractivity contribution in [3.8, 4) is 0 Å². The average molecular weight is 317 g/mol. The minimum atomic E-state index is -4.49. The lowest BCUT2D eigenvalue weighted by Gasteiger charge is -2.11. The van der Waals surface area contributed by atoms with E-state index in [0.29, 0.717) is 4.47 Å². The van der Waals surface area contributed by atoms with E-state index in [1.165, 1.54) is 13.2 Å². The fourth-order valence-corrected chi connectivity index (χ4v) is 1.60. The summed E-state index contributed by atoms with van der Waals surface area (Å²) in [4.78, 5) is 4.34. The van der Waals surface area contributed by atoms with E-state index in [2.05, 4.69) is 25.9 Å². The fraction of sp³-hybridized carbons (Fsp3) is 0.222. The first-order valence-electron chi connectivity index (χ1n) is 3.99. The molecule has 0 heterocycles. The first-order valence-corrected chi connectivity index (χ1v) is 5.16. The molecule has 0 radical (unpaired) electrons. The highest BCUT2D eigenvalue weighted by Crippen LogP contribution is 2.37. The second-order valence-electron chi connectivity index (χ2n) is 2.74. The number of hydrogen-bond acceptors (Lipinski definition) is 2. The molecule has 88 valence electrons. The van der Waals surface area contributed by atoms with Gasteiger partial charge in [-0.25, -0.2) is 0 Å². The Morgan fingerprint density at radius 2 is 2.06 bits per heavy atom. The summed E-state index contributed by atoms with van der Waals surface area (Å²) in [6.07, 6.45) is -3.56. The number of oxime groups is 1. The van der Waals surface area contributed by atoms with Gasteiger partial charge >= 0.3 is 6.18 Å². The van der Waals surface area contributed by atoms with Crippen molar-refractivity contribution in [2.75, 3.05) is 7.11 Å². The highest BCUT2D eigenvalue weighted by molar-refractivity contribution is 9.10. The molecule has 1 aromatic rings. The molecule has 0 fully saturated rings. The molecule has 0 unspecified atom stereocenters. The van der Waals surface area contributed by atoms with Gasteiger partial charge in [0.05, 0.1) is 16.8 Å². The molecule has 0 aromatic heterocycles. The standard InChI is InChI=1S/C9H6BrClF3NO/c1-16-15-4-5-6(9(12,13)14)2-3-7(10)8(5)11/h2-4H,1H3/b15-4+. The van der Waals surface area contributed by atoms with Crippen molar-refractivity contribution < 1.29 is 18.0 Å². The second-order valence-corrected chi connectivity index (χ2v) is 3.97. The van der Waals surface area contributed by atoms with Gasteiger partial charge in [-0.15, -0.1) is 0 Å². The Morgan fingerprint density at radius 3 is 2.56 bits per heavy atom. The van der Waals surface area contributed by atoms with E-state index in [0.717, 1.165) is 12.3 Å². The molecule has 0 aliphatic rings. The molecule has 0 saturated carbocycles. The molecule has 0 spiro atoms. The lowest BCUT2D eigenvalue weighted by atomic mass is 10.1. The van der Waals surface area contributed by atoms with Crippen LogP contribution in [0.4, 0.5) is 13.2 Å². The molecule has 2 nitrogen and oxygen atoms in total. The Balaban J connectivity index is 3.39. The molecule has 0 bridgehead atoms. The molecule has 0 saturated heterocycles. The predicted octanol–water partition coefficient (Wildman–Crippen LogP) is 4.10. The summed E-state index contributed by atoms with van der Waals surface area (Å²) < 4.78 is 38.2. The van der Waals surface area contributed by atoms with Crippen LogP contribution >= 0.6 is 27.5 Å². The smallest absolute Gasteiger partial charge is 0.399 e. The van der Waals surface area contributed by atoms with Crippen LogP contribution in [0.15, 0.2) is 21.8 Å². The predicted molar refractivity (Wildman–Crippen MR) is 58.8 cm³/mol. The maximum Gasteiger partial charge on any atom is 0.417 e. The average Bonchev–Trinajstić information content (AvgIpc) is 2.18. The molecule has 0 amide bonds. The molecule has 0 atom stereocenters. The molecule has 1 rings (SSSR count). The van der Waals surface area contributed by atoms with Crippen molar-refractivity contribution in [2.24, 2.45) is 5.16 Å². The topological polar surface area (TPSA) is 21.6 Å². The van der Waals surface area contributed by atoms with Crippen molar-refractivity contribution in [3.63, 3.8) is 0 Å². The zero-order valence-electron chi connectivity index (χ0n) is 7.98. The van der Waals surface area contributed by atoms with Gasteiger partial charge in [0.15, 0.2) is 0 Å². The molecule has 0 aliphatic carbocycles. The Kier molecular flexibility index (Phi) is 4.21. The van der Waals surface area contributed by atoms with Gasteiger partial charge in [0.1, 0.15) is 7.11 Å². The van der Waals surface area contributed by atoms with Gasteiger partial charge in [-0.2, -0.15) is 13.2 Å². The molecule has 7 heteroatoms. The molecule has 16 heavy (non-hydrogen) atoms. The Bertz CT molecular complexity index is 420. The number of rotatable bonds is 2. The summed E-state index contributed by atoms with van der Waals surface area (Å²) in [6, 6.07) is 2.16. The van der Waals surface area contributed by atoms with E-state index in [9.17, 15) is 13.2 Å². The monoisotopic (exact) mass is 315 g/mol. The quantitative estimate of drug-likeness (QED) is 0.594. The zero-order valence-corrected chi connectivity index (χ0v) is 10.3. The van der Waals surface area contributed by atoms with Crippen molar-refractivity contribution >= 4 is 33.7 Å². The maximum atomic E-state index is 12.6. The van der Waals surface area contributed by atoms with E-state index in [-0.39, 0.29) is 10.6 Å². The van der Waals surface area contributed by atoms with Gasteiger partial charge < -0.3 is 4.84 Å². The van der Waals surface area contributed by atoms with E-state index in [1.807, 2.05) is 0 Å². The summed E-state index contributed by atoms with van der Waals surface area (Å²) in [5.41, 5.74) is -1.09. The van der Waals surface area contributed by atoms with E-state index < -0.39 is 11.7 Å². The fourth-order valence-electron chi connectivity index (χ4n) is 1.05. The van der Waals surface area contributed by atoms with E-state index >= 15 is 0 Å². The maximum absolute atomic E-state index is 12.6. The zero-order chi connectivity index (χ0) is 12.3. The summed E-state index contributed by atoms with van der Waals surface area (Å²) in [5, 5.41) is 3.23. The summed E-state index contributed by atoms with van der Waals surface area (Å²) in [7, 11) is 1.23. The van der Waals surface area contributed by atoms with Gasteiger partial charge in [0.2, 0.25) is 0 Å². The first kappa shape index (κ1) is 13.3. The normalized spacial score (nSPS) is 12.1. The van der Waals surface area contributed by atoms with Crippen LogP contribution in [0.2, 0.25) is 5.02 Å². The van der Waals surface area contributed by atoms with Crippen LogP contribution < -0.4 is 0 Å². The Hall–Kier alpha value is -0.750. The first-order chi connectivity index (χ1) is 7.38. The third kappa shape index (κ3) is 2.89. The Labute approximate surface area is 103 Å². The number of hydrogen-bond donors (Lipinski definition) is 0. The lowest BCUT2D eigenvalue weighted by molar-refractivity contribution is -0.137. The molecule has 0 aliphatic heterocycles. The van der Waals surface area contributed by atoms with Gasteiger partial charge in [-0.3, -0.25) is 0 Å². The van der Waals surface area contributed by atoms with E-state index in [4.69, 9.17) is 11.6 Å². The highest BCUT2D eigenvalue weighted by atomic mass is 79.9. The summed E-state index contributed by atoms with van der Waals surface area (Å²) >= 11 is 8.78. The number of benzene rings is 1. The van der Waals surface area contributed by atoms with Crippen LogP contribution in [0.3, 0.4) is 0 Å². The lowest BCUT2D eigenvalue weighted by Crippen LogP contribution is -2.09. The van der Waals surface area contributed by atoms with Gasteiger partial charge in [0, 0.05) is 10.0 Å². The van der Waals surface area contributed by atoms with Crippen LogP contribution in [0, 0.1) is 0 Å². The molecule has 0 N–H and O–H groups in total. The minimum absolute atomic E-state index is 0.0596. The van der Waals surface area contributed by atoms with Crippen molar-refractivity contribution in [2.45, 2.75) is 6.18 Å². The van der Waals surface area contributed by atoms with Crippen LogP contribution in [0.5, 0.6) is 0 Å². The van der Waals surface area contributed by atoms with E-state index in [1.54, 1.807) is 0 Å². The van der Waals surface area contributed by atoms with Crippen molar-refractivity contribution in [3.05, 3.63) is 32.8 Å². The Morgan fingerprint density at radius 1 is 1.44 bits per heavy atom. The molecule has 1 aromatic carbocycles. The summed E-state index contributed by atoms with van der Waals surface area (Å²) in [5.74, 6) is 0. The largest absolute Gasteiger partial charge is 0.417 e. The van der Waals surface area contributed by atoms with Crippen LogP contribution in [0.1, 0.15) is 11.1 Å². The van der Waals surface area contributed by atoms with Crippen molar-refractivity contribution in [1.82, 2.24) is 0 Å². The third-order valence-corrected chi connectivity index (χ3v) is 3.02. The minimum Gasteiger partial charge on any atom is -0.399 e. The molecular formula is C9H6BrClF3NO. The number of alkyl halides is 3. The van der Waals surface area contributed by atoms with Gasteiger partial charge in [-0.1, -0.05) is 16.8 Å². The van der Waals surface area contributed by atoms with Gasteiger partial charge in [-0.05, 0) is 28.1 Å². The SMILES string of the molecule is CO/N=C/c1c(C(F)(F)F)ccc(Br)c1Cl. The molecular weight excluding hydrogens is 310 g/mol. The van der Waals surface area contributed by atoms with Gasteiger partial charge in [0.25, 0.3) is 0 Å². The summed E-state index contributed by atoms with van der Waals surface area (Å²) in [6.45, 7) is 0. The highest BCUT2D eigenvalue weighted by Gasteiger charge is 2.34. The van der Waals surface area contributed by atoms with Crippen LogP contribution in [-0.2, 0) is 11.0 Å². The third-order valence-electron chi connectivity index (χ3n) is 1.73. The number of nitrogens with zero attached hydrogens (tertiary/aromatic N) is 1.